The molecule has 0 fully saturated rings. The first-order chi connectivity index (χ1) is 13.9. The van der Waals surface area contributed by atoms with Crippen molar-refractivity contribution in [1.29, 1.82) is 0 Å². The van der Waals surface area contributed by atoms with Gasteiger partial charge in [0.15, 0.2) is 11.5 Å². The third-order valence-corrected chi connectivity index (χ3v) is 4.28. The summed E-state index contributed by atoms with van der Waals surface area (Å²) in [5.74, 6) is -0.155. The molecule has 0 aliphatic heterocycles. The Kier molecular flexibility index (Phi) is 8.67. The van der Waals surface area contributed by atoms with E-state index in [4.69, 9.17) is 9.47 Å². The number of hydrazone groups is 1. The maximum atomic E-state index is 11.7. The number of rotatable bonds is 8. The van der Waals surface area contributed by atoms with Gasteiger partial charge >= 0.3 is 11.8 Å². The molecule has 29 heavy (non-hydrogen) atoms. The van der Waals surface area contributed by atoms with Crippen LogP contribution in [0.3, 0.4) is 0 Å². The van der Waals surface area contributed by atoms with E-state index < -0.39 is 11.8 Å². The van der Waals surface area contributed by atoms with E-state index in [1.807, 2.05) is 38.1 Å². The zero-order valence-electron chi connectivity index (χ0n) is 16.6. The maximum Gasteiger partial charge on any atom is 0.329 e. The summed E-state index contributed by atoms with van der Waals surface area (Å²) in [5.41, 5.74) is 3.91. The van der Waals surface area contributed by atoms with Crippen LogP contribution in [-0.4, -0.2) is 31.7 Å². The fourth-order valence-corrected chi connectivity index (χ4v) is 2.48. The molecule has 0 aliphatic carbocycles. The van der Waals surface area contributed by atoms with Crippen molar-refractivity contribution < 1.29 is 19.1 Å². The molecule has 8 heteroatoms. The SMILES string of the molecule is COc1cc(/C=N\NC(=O)C(=O)NCC(C)C)ccc1OCc1ccc(Br)cc1. The average Bonchev–Trinajstić information content (AvgIpc) is 2.71. The number of halogens is 1. The van der Waals surface area contributed by atoms with Gasteiger partial charge in [0.1, 0.15) is 6.61 Å². The summed E-state index contributed by atoms with van der Waals surface area (Å²) in [4.78, 5) is 23.3. The number of methoxy groups -OCH3 is 1. The summed E-state index contributed by atoms with van der Waals surface area (Å²) < 4.78 is 12.2. The monoisotopic (exact) mass is 461 g/mol. The minimum Gasteiger partial charge on any atom is -0.493 e. The first-order valence-corrected chi connectivity index (χ1v) is 9.85. The Hall–Kier alpha value is -2.87. The zero-order valence-corrected chi connectivity index (χ0v) is 18.2. The van der Waals surface area contributed by atoms with Crippen LogP contribution in [0.5, 0.6) is 11.5 Å². The van der Waals surface area contributed by atoms with Gasteiger partial charge < -0.3 is 14.8 Å². The second-order valence-electron chi connectivity index (χ2n) is 6.63. The highest BCUT2D eigenvalue weighted by Crippen LogP contribution is 2.28. The molecule has 2 N–H and O–H groups in total. The molecule has 2 amide bonds. The molecule has 2 rings (SSSR count). The van der Waals surface area contributed by atoms with Gasteiger partial charge in [-0.05, 0) is 47.4 Å². The number of nitrogens with zero attached hydrogens (tertiary/aromatic N) is 1. The first-order valence-electron chi connectivity index (χ1n) is 9.05. The molecular weight excluding hydrogens is 438 g/mol. The van der Waals surface area contributed by atoms with Gasteiger partial charge in [0.05, 0.1) is 13.3 Å². The topological polar surface area (TPSA) is 89.0 Å². The van der Waals surface area contributed by atoms with Gasteiger partial charge in [-0.15, -0.1) is 0 Å². The molecule has 0 heterocycles. The van der Waals surface area contributed by atoms with Crippen LogP contribution in [0.4, 0.5) is 0 Å². The lowest BCUT2D eigenvalue weighted by Gasteiger charge is -2.11. The van der Waals surface area contributed by atoms with Gasteiger partial charge in [-0.3, -0.25) is 9.59 Å². The van der Waals surface area contributed by atoms with Crippen LogP contribution in [0, 0.1) is 5.92 Å². The molecule has 0 unspecified atom stereocenters. The Bertz CT molecular complexity index is 867. The summed E-state index contributed by atoms with van der Waals surface area (Å²) in [5, 5.41) is 6.33. The molecule has 2 aromatic rings. The van der Waals surface area contributed by atoms with E-state index in [0.717, 1.165) is 10.0 Å². The Morgan fingerprint density at radius 2 is 1.83 bits per heavy atom. The van der Waals surface area contributed by atoms with Crippen molar-refractivity contribution in [2.24, 2.45) is 11.0 Å². The lowest BCUT2D eigenvalue weighted by molar-refractivity contribution is -0.139. The van der Waals surface area contributed by atoms with Crippen molar-refractivity contribution >= 4 is 34.0 Å². The molecule has 0 atom stereocenters. The molecule has 0 aliphatic rings. The number of carbonyl (C=O) groups excluding carboxylic acids is 2. The highest BCUT2D eigenvalue weighted by atomic mass is 79.9. The molecule has 0 saturated carbocycles. The first kappa shape index (κ1) is 22.4. The lowest BCUT2D eigenvalue weighted by atomic mass is 10.2. The lowest BCUT2D eigenvalue weighted by Crippen LogP contribution is -2.39. The van der Waals surface area contributed by atoms with Crippen LogP contribution < -0.4 is 20.2 Å². The van der Waals surface area contributed by atoms with E-state index in [2.05, 4.69) is 31.8 Å². The normalized spacial score (nSPS) is 10.8. The molecular formula is C21H24BrN3O4. The van der Waals surface area contributed by atoms with E-state index in [9.17, 15) is 9.59 Å². The third kappa shape index (κ3) is 7.57. The highest BCUT2D eigenvalue weighted by Gasteiger charge is 2.12. The highest BCUT2D eigenvalue weighted by molar-refractivity contribution is 9.10. The van der Waals surface area contributed by atoms with Crippen LogP contribution in [0.25, 0.3) is 0 Å². The van der Waals surface area contributed by atoms with Crippen molar-refractivity contribution in [3.8, 4) is 11.5 Å². The minimum atomic E-state index is -0.816. The van der Waals surface area contributed by atoms with E-state index >= 15 is 0 Å². The van der Waals surface area contributed by atoms with Gasteiger partial charge in [-0.2, -0.15) is 5.10 Å². The van der Waals surface area contributed by atoms with E-state index in [-0.39, 0.29) is 5.92 Å². The van der Waals surface area contributed by atoms with Crippen LogP contribution in [-0.2, 0) is 16.2 Å². The molecule has 0 bridgehead atoms. The number of hydrogen-bond donors (Lipinski definition) is 2. The number of nitrogens with one attached hydrogen (secondary N) is 2. The van der Waals surface area contributed by atoms with Crippen LogP contribution in [0.1, 0.15) is 25.0 Å². The smallest absolute Gasteiger partial charge is 0.329 e. The summed E-state index contributed by atoms with van der Waals surface area (Å²) in [6.45, 7) is 4.71. The second kappa shape index (κ2) is 11.2. The predicted molar refractivity (Wildman–Crippen MR) is 115 cm³/mol. The molecule has 0 spiro atoms. The average molecular weight is 462 g/mol. The number of amides is 2. The maximum absolute atomic E-state index is 11.7. The molecule has 7 nitrogen and oxygen atoms in total. The van der Waals surface area contributed by atoms with Crippen molar-refractivity contribution in [3.05, 3.63) is 58.1 Å². The second-order valence-corrected chi connectivity index (χ2v) is 7.54. The van der Waals surface area contributed by atoms with Gasteiger partial charge in [0.2, 0.25) is 0 Å². The van der Waals surface area contributed by atoms with E-state index in [0.29, 0.717) is 30.2 Å². The summed E-state index contributed by atoms with van der Waals surface area (Å²) in [7, 11) is 1.55. The molecule has 2 aromatic carbocycles. The molecule has 0 aromatic heterocycles. The number of carbonyl (C=O) groups is 2. The van der Waals surface area contributed by atoms with E-state index in [1.54, 1.807) is 25.3 Å². The zero-order chi connectivity index (χ0) is 21.2. The van der Waals surface area contributed by atoms with Crippen molar-refractivity contribution in [2.75, 3.05) is 13.7 Å². The van der Waals surface area contributed by atoms with Crippen LogP contribution in [0.15, 0.2) is 52.0 Å². The van der Waals surface area contributed by atoms with E-state index in [1.165, 1.54) is 6.21 Å². The van der Waals surface area contributed by atoms with Crippen molar-refractivity contribution in [1.82, 2.24) is 10.7 Å². The van der Waals surface area contributed by atoms with Crippen LogP contribution >= 0.6 is 15.9 Å². The van der Waals surface area contributed by atoms with Gasteiger partial charge in [0.25, 0.3) is 0 Å². The van der Waals surface area contributed by atoms with Crippen LogP contribution in [0.2, 0.25) is 0 Å². The summed E-state index contributed by atoms with van der Waals surface area (Å²) in [6.07, 6.45) is 1.43. The molecule has 154 valence electrons. The number of hydrogen-bond acceptors (Lipinski definition) is 5. The van der Waals surface area contributed by atoms with Gasteiger partial charge in [-0.25, -0.2) is 5.43 Å². The summed E-state index contributed by atoms with van der Waals surface area (Å²) >= 11 is 3.40. The van der Waals surface area contributed by atoms with Crippen molar-refractivity contribution in [3.63, 3.8) is 0 Å². The third-order valence-electron chi connectivity index (χ3n) is 3.75. The van der Waals surface area contributed by atoms with Gasteiger partial charge in [0, 0.05) is 11.0 Å². The number of ether oxygens (including phenoxy) is 2. The fraction of sp³-hybridized carbons (Fsp3) is 0.286. The molecule has 0 radical (unpaired) electrons. The quantitative estimate of drug-likeness (QED) is 0.358. The Morgan fingerprint density at radius 3 is 2.48 bits per heavy atom. The fourth-order valence-electron chi connectivity index (χ4n) is 2.22. The number of benzene rings is 2. The van der Waals surface area contributed by atoms with Gasteiger partial charge in [-0.1, -0.05) is 41.9 Å². The molecule has 0 saturated heterocycles. The largest absolute Gasteiger partial charge is 0.493 e. The Morgan fingerprint density at radius 1 is 1.10 bits per heavy atom. The van der Waals surface area contributed by atoms with Crippen molar-refractivity contribution in [2.45, 2.75) is 20.5 Å². The minimum absolute atomic E-state index is 0.257. The standard InChI is InChI=1S/C21H24BrN3O4/c1-14(2)11-23-20(26)21(27)25-24-12-16-6-9-18(19(10-16)28-3)29-13-15-4-7-17(22)8-5-15/h4-10,12,14H,11,13H2,1-3H3,(H,23,26)(H,25,27)/b24-12-. The predicted octanol–water partition coefficient (Wildman–Crippen LogP) is 3.26. The Labute approximate surface area is 178 Å². The Balaban J connectivity index is 1.93. The summed E-state index contributed by atoms with van der Waals surface area (Å²) in [6, 6.07) is 13.1.